The van der Waals surface area contributed by atoms with Crippen LogP contribution in [0.15, 0.2) is 23.2 Å². The average molecular weight is 571 g/mol. The van der Waals surface area contributed by atoms with Gasteiger partial charge in [-0.05, 0) is 50.3 Å². The predicted octanol–water partition coefficient (Wildman–Crippen LogP) is 3.52. The Morgan fingerprint density at radius 3 is 2.52 bits per heavy atom. The quantitative estimate of drug-likeness (QED) is 0.228. The summed E-state index contributed by atoms with van der Waals surface area (Å²) in [4.78, 5) is 4.38. The summed E-state index contributed by atoms with van der Waals surface area (Å²) in [5, 5.41) is 6.31. The number of guanidine groups is 1. The molecule has 1 aliphatic carbocycles. The summed E-state index contributed by atoms with van der Waals surface area (Å²) < 4.78 is 46.0. The van der Waals surface area contributed by atoms with Crippen LogP contribution in [0.1, 0.15) is 52.1 Å². The zero-order valence-corrected chi connectivity index (χ0v) is 22.0. The zero-order valence-electron chi connectivity index (χ0n) is 18.9. The molecule has 0 aromatic heterocycles. The maximum Gasteiger partial charge on any atom is 0.215 e. The van der Waals surface area contributed by atoms with E-state index in [0.29, 0.717) is 38.1 Å². The molecule has 2 N–H and O–H groups in total. The first kappa shape index (κ1) is 27.9. The maximum absolute atomic E-state index is 14.4. The molecule has 7 nitrogen and oxygen atoms in total. The lowest BCUT2D eigenvalue weighted by atomic mass is 10.1. The predicted molar refractivity (Wildman–Crippen MR) is 134 cm³/mol. The summed E-state index contributed by atoms with van der Waals surface area (Å²) in [6.07, 6.45) is 2.31. The normalized spacial score (nSPS) is 15.4. The van der Waals surface area contributed by atoms with Crippen LogP contribution in [-0.4, -0.2) is 57.2 Å². The molecule has 1 unspecified atom stereocenters. The van der Waals surface area contributed by atoms with Crippen LogP contribution in [0.3, 0.4) is 0 Å². The maximum atomic E-state index is 14.4. The van der Waals surface area contributed by atoms with Gasteiger partial charge in [0, 0.05) is 19.6 Å². The first-order valence-electron chi connectivity index (χ1n) is 10.8. The molecule has 2 rings (SSSR count). The third-order valence-corrected chi connectivity index (χ3v) is 7.04. The van der Waals surface area contributed by atoms with Crippen molar-refractivity contribution in [3.8, 4) is 5.75 Å². The Hall–Kier alpha value is -1.14. The van der Waals surface area contributed by atoms with E-state index in [0.717, 1.165) is 18.4 Å². The van der Waals surface area contributed by atoms with E-state index >= 15 is 0 Å². The fraction of sp³-hybridized carbons (Fsp3) is 0.667. The summed E-state index contributed by atoms with van der Waals surface area (Å²) in [5.74, 6) is 0.902. The van der Waals surface area contributed by atoms with E-state index in [2.05, 4.69) is 15.6 Å². The standard InChI is InChI=1S/C21H35FN4O3S.HI/c1-5-23-21(24-12-13-30(27,28)26(6-2)7-3)25-16(4)18-10-11-20(19(22)14-18)29-15-17-8-9-17;/h10-11,14,16-17H,5-9,12-13,15H2,1-4H3,(H2,23,24,25);1H. The van der Waals surface area contributed by atoms with E-state index in [1.165, 1.54) is 10.4 Å². The molecule has 0 radical (unpaired) electrons. The SMILES string of the molecule is CCNC(=NCCS(=O)(=O)N(CC)CC)NC(C)c1ccc(OCC2CC2)c(F)c1.I. The number of hydrogen-bond acceptors (Lipinski definition) is 4. The van der Waals surface area contributed by atoms with Crippen molar-refractivity contribution in [1.29, 1.82) is 0 Å². The minimum atomic E-state index is -3.32. The Morgan fingerprint density at radius 1 is 1.29 bits per heavy atom. The Balaban J connectivity index is 0.00000480. The molecule has 0 spiro atoms. The lowest BCUT2D eigenvalue weighted by molar-refractivity contribution is 0.285. The van der Waals surface area contributed by atoms with Crippen molar-refractivity contribution in [3.63, 3.8) is 0 Å². The Bertz CT molecular complexity index is 815. The van der Waals surface area contributed by atoms with Gasteiger partial charge in [-0.15, -0.1) is 24.0 Å². The lowest BCUT2D eigenvalue weighted by Gasteiger charge is -2.20. The summed E-state index contributed by atoms with van der Waals surface area (Å²) in [6.45, 7) is 9.70. The van der Waals surface area contributed by atoms with Gasteiger partial charge in [0.1, 0.15) is 0 Å². The van der Waals surface area contributed by atoms with Crippen LogP contribution in [0, 0.1) is 11.7 Å². The number of hydrogen-bond donors (Lipinski definition) is 2. The highest BCUT2D eigenvalue weighted by Crippen LogP contribution is 2.30. The average Bonchev–Trinajstić information content (AvgIpc) is 3.52. The van der Waals surface area contributed by atoms with Gasteiger partial charge in [0.05, 0.1) is 24.9 Å². The number of benzene rings is 1. The third-order valence-electron chi connectivity index (χ3n) is 5.04. The number of sulfonamides is 1. The van der Waals surface area contributed by atoms with Gasteiger partial charge in [-0.1, -0.05) is 19.9 Å². The van der Waals surface area contributed by atoms with Crippen LogP contribution in [0.5, 0.6) is 5.75 Å². The van der Waals surface area contributed by atoms with Gasteiger partial charge in [0.25, 0.3) is 0 Å². The van der Waals surface area contributed by atoms with Gasteiger partial charge in [-0.3, -0.25) is 4.99 Å². The van der Waals surface area contributed by atoms with Crippen molar-refractivity contribution in [1.82, 2.24) is 14.9 Å². The second kappa shape index (κ2) is 13.4. The second-order valence-electron chi connectivity index (χ2n) is 7.47. The number of halogens is 2. The highest BCUT2D eigenvalue weighted by atomic mass is 127. The van der Waals surface area contributed by atoms with E-state index < -0.39 is 10.0 Å². The molecule has 1 atom stereocenters. The zero-order chi connectivity index (χ0) is 22.1. The molecule has 31 heavy (non-hydrogen) atoms. The smallest absolute Gasteiger partial charge is 0.215 e. The second-order valence-corrected chi connectivity index (χ2v) is 9.56. The molecule has 1 saturated carbocycles. The van der Waals surface area contributed by atoms with E-state index in [1.54, 1.807) is 6.07 Å². The van der Waals surface area contributed by atoms with Crippen molar-refractivity contribution in [2.75, 3.05) is 38.5 Å². The monoisotopic (exact) mass is 570 g/mol. The van der Waals surface area contributed by atoms with Gasteiger partial charge in [-0.25, -0.2) is 17.1 Å². The van der Waals surface area contributed by atoms with Crippen molar-refractivity contribution >= 4 is 40.0 Å². The molecule has 178 valence electrons. The Labute approximate surface area is 203 Å². The van der Waals surface area contributed by atoms with Gasteiger partial charge >= 0.3 is 0 Å². The van der Waals surface area contributed by atoms with Crippen molar-refractivity contribution in [3.05, 3.63) is 29.6 Å². The highest BCUT2D eigenvalue weighted by Gasteiger charge is 2.23. The van der Waals surface area contributed by atoms with Crippen molar-refractivity contribution in [2.24, 2.45) is 10.9 Å². The third kappa shape index (κ3) is 9.09. The van der Waals surface area contributed by atoms with E-state index in [-0.39, 0.29) is 53.9 Å². The molecule has 1 aliphatic rings. The van der Waals surface area contributed by atoms with Crippen molar-refractivity contribution in [2.45, 2.75) is 46.6 Å². The molecular formula is C21H36FIN4O3S. The van der Waals surface area contributed by atoms with Crippen LogP contribution >= 0.6 is 24.0 Å². The molecule has 0 amide bonds. The fourth-order valence-corrected chi connectivity index (χ4v) is 4.39. The van der Waals surface area contributed by atoms with Crippen LogP contribution in [0.2, 0.25) is 0 Å². The fourth-order valence-electron chi connectivity index (χ4n) is 3.02. The number of aliphatic imine (C=N–C) groups is 1. The molecule has 1 aromatic carbocycles. The molecule has 1 fully saturated rings. The lowest BCUT2D eigenvalue weighted by Crippen LogP contribution is -2.39. The van der Waals surface area contributed by atoms with Gasteiger partial charge in [0.2, 0.25) is 10.0 Å². The topological polar surface area (TPSA) is 83.0 Å². The number of nitrogens with one attached hydrogen (secondary N) is 2. The van der Waals surface area contributed by atoms with Crippen LogP contribution in [0.4, 0.5) is 4.39 Å². The van der Waals surface area contributed by atoms with E-state index in [1.807, 2.05) is 33.8 Å². The van der Waals surface area contributed by atoms with E-state index in [4.69, 9.17) is 4.74 Å². The Kier molecular flexibility index (Phi) is 12.1. The number of nitrogens with zero attached hydrogens (tertiary/aromatic N) is 2. The minimum Gasteiger partial charge on any atom is -0.490 e. The molecule has 0 aliphatic heterocycles. The molecule has 0 bridgehead atoms. The summed E-state index contributed by atoms with van der Waals surface area (Å²) in [6, 6.07) is 4.74. The largest absolute Gasteiger partial charge is 0.490 e. The van der Waals surface area contributed by atoms with Gasteiger partial charge < -0.3 is 15.4 Å². The minimum absolute atomic E-state index is 0. The molecule has 1 aromatic rings. The van der Waals surface area contributed by atoms with Crippen LogP contribution < -0.4 is 15.4 Å². The first-order valence-corrected chi connectivity index (χ1v) is 12.4. The number of ether oxygens (including phenoxy) is 1. The van der Waals surface area contributed by atoms with E-state index in [9.17, 15) is 12.8 Å². The molecule has 0 heterocycles. The highest BCUT2D eigenvalue weighted by molar-refractivity contribution is 14.0. The molecular weight excluding hydrogens is 534 g/mol. The van der Waals surface area contributed by atoms with Crippen LogP contribution in [-0.2, 0) is 10.0 Å². The molecule has 0 saturated heterocycles. The van der Waals surface area contributed by atoms with Crippen molar-refractivity contribution < 1.29 is 17.5 Å². The summed E-state index contributed by atoms with van der Waals surface area (Å²) in [7, 11) is -3.32. The summed E-state index contributed by atoms with van der Waals surface area (Å²) in [5.41, 5.74) is 0.757. The van der Waals surface area contributed by atoms with Gasteiger partial charge in [0.15, 0.2) is 17.5 Å². The Morgan fingerprint density at radius 2 is 1.97 bits per heavy atom. The molecule has 10 heteroatoms. The van der Waals surface area contributed by atoms with Crippen LogP contribution in [0.25, 0.3) is 0 Å². The summed E-state index contributed by atoms with van der Waals surface area (Å²) >= 11 is 0. The number of rotatable bonds is 12. The van der Waals surface area contributed by atoms with Gasteiger partial charge in [-0.2, -0.15) is 0 Å². The first-order chi connectivity index (χ1) is 14.3.